The third-order valence-corrected chi connectivity index (χ3v) is 4.32. The molecule has 0 saturated carbocycles. The van der Waals surface area contributed by atoms with Crippen molar-refractivity contribution in [3.05, 3.63) is 65.0 Å². The van der Waals surface area contributed by atoms with Gasteiger partial charge in [-0.05, 0) is 47.8 Å². The summed E-state index contributed by atoms with van der Waals surface area (Å²) in [4.78, 5) is 28.3. The number of amides is 2. The second-order valence-corrected chi connectivity index (χ2v) is 6.65. The van der Waals surface area contributed by atoms with Gasteiger partial charge in [0.15, 0.2) is 0 Å². The van der Waals surface area contributed by atoms with Crippen LogP contribution in [0.15, 0.2) is 60.1 Å². The fourth-order valence-corrected chi connectivity index (χ4v) is 3.01. The highest BCUT2D eigenvalue weighted by Gasteiger charge is 2.06. The lowest BCUT2D eigenvalue weighted by Gasteiger charge is -2.09. The maximum absolute atomic E-state index is 12.0. The lowest BCUT2D eigenvalue weighted by atomic mass is 10.2. The van der Waals surface area contributed by atoms with E-state index in [2.05, 4.69) is 20.9 Å². The van der Waals surface area contributed by atoms with Crippen molar-refractivity contribution in [2.75, 3.05) is 16.0 Å². The first-order valence-corrected chi connectivity index (χ1v) is 8.89. The van der Waals surface area contributed by atoms with E-state index in [0.29, 0.717) is 12.2 Å². The molecule has 3 aromatic rings. The molecule has 7 heteroatoms. The number of nitrogens with one attached hydrogen (secondary N) is 3. The number of thiophene rings is 1. The number of benzene rings is 1. The molecule has 0 spiro atoms. The second kappa shape index (κ2) is 8.26. The number of pyridine rings is 1. The van der Waals surface area contributed by atoms with E-state index in [1.165, 1.54) is 6.92 Å². The summed E-state index contributed by atoms with van der Waals surface area (Å²) in [5, 5.41) is 10.7. The predicted molar refractivity (Wildman–Crippen MR) is 105 cm³/mol. The summed E-state index contributed by atoms with van der Waals surface area (Å²) in [6, 6.07) is 14.8. The zero-order valence-electron chi connectivity index (χ0n) is 14.2. The van der Waals surface area contributed by atoms with Gasteiger partial charge in [0.2, 0.25) is 11.8 Å². The van der Waals surface area contributed by atoms with Crippen LogP contribution in [0, 0.1) is 0 Å². The Hall–Kier alpha value is -3.19. The first kappa shape index (κ1) is 17.6. The van der Waals surface area contributed by atoms with E-state index in [-0.39, 0.29) is 11.8 Å². The van der Waals surface area contributed by atoms with Crippen LogP contribution in [-0.2, 0) is 16.0 Å². The molecule has 26 heavy (non-hydrogen) atoms. The third kappa shape index (κ3) is 5.15. The first-order chi connectivity index (χ1) is 12.6. The Labute approximate surface area is 155 Å². The maximum atomic E-state index is 12.0. The summed E-state index contributed by atoms with van der Waals surface area (Å²) in [5.41, 5.74) is 2.41. The van der Waals surface area contributed by atoms with Crippen LogP contribution < -0.4 is 16.0 Å². The van der Waals surface area contributed by atoms with Gasteiger partial charge in [-0.3, -0.25) is 9.59 Å². The Balaban J connectivity index is 1.55. The summed E-state index contributed by atoms with van der Waals surface area (Å²) < 4.78 is 0. The molecule has 6 nitrogen and oxygen atoms in total. The standard InChI is InChI=1S/C19H18N4O2S/c1-13(24)21-14-4-6-15(7-5-14)22-16-8-9-18(20-12-16)23-19(25)11-17-3-2-10-26-17/h2-10,12,22H,11H2,1H3,(H,21,24)(H,20,23,25). The monoisotopic (exact) mass is 366 g/mol. The minimum absolute atomic E-state index is 0.0887. The summed E-state index contributed by atoms with van der Waals surface area (Å²) in [5.74, 6) is 0.318. The Kier molecular flexibility index (Phi) is 5.60. The lowest BCUT2D eigenvalue weighted by molar-refractivity contribution is -0.116. The molecule has 3 N–H and O–H groups in total. The van der Waals surface area contributed by atoms with Gasteiger partial charge < -0.3 is 16.0 Å². The van der Waals surface area contributed by atoms with Crippen molar-refractivity contribution >= 4 is 46.0 Å². The van der Waals surface area contributed by atoms with Gasteiger partial charge in [0.05, 0.1) is 18.3 Å². The van der Waals surface area contributed by atoms with Gasteiger partial charge in [0.1, 0.15) is 5.82 Å². The molecule has 0 atom stereocenters. The van der Waals surface area contributed by atoms with Crippen LogP contribution in [0.1, 0.15) is 11.8 Å². The Morgan fingerprint density at radius 2 is 1.69 bits per heavy atom. The summed E-state index contributed by atoms with van der Waals surface area (Å²) in [7, 11) is 0. The van der Waals surface area contributed by atoms with Crippen molar-refractivity contribution in [1.82, 2.24) is 4.98 Å². The molecule has 0 bridgehead atoms. The number of carbonyl (C=O) groups excluding carboxylic acids is 2. The average molecular weight is 366 g/mol. The predicted octanol–water partition coefficient (Wildman–Crippen LogP) is 4.03. The van der Waals surface area contributed by atoms with Crippen LogP contribution in [0.25, 0.3) is 0 Å². The molecule has 0 aliphatic heterocycles. The van der Waals surface area contributed by atoms with E-state index in [0.717, 1.165) is 21.9 Å². The van der Waals surface area contributed by atoms with E-state index >= 15 is 0 Å². The normalized spacial score (nSPS) is 10.2. The number of rotatable bonds is 6. The van der Waals surface area contributed by atoms with Crippen LogP contribution >= 0.6 is 11.3 Å². The van der Waals surface area contributed by atoms with Crippen molar-refractivity contribution < 1.29 is 9.59 Å². The lowest BCUT2D eigenvalue weighted by Crippen LogP contribution is -2.14. The van der Waals surface area contributed by atoms with E-state index in [4.69, 9.17) is 0 Å². The van der Waals surface area contributed by atoms with Gasteiger partial charge >= 0.3 is 0 Å². The van der Waals surface area contributed by atoms with Gasteiger partial charge in [-0.25, -0.2) is 4.98 Å². The summed E-state index contributed by atoms with van der Waals surface area (Å²) in [6.45, 7) is 1.47. The van der Waals surface area contributed by atoms with Crippen molar-refractivity contribution in [3.63, 3.8) is 0 Å². The molecule has 2 aromatic heterocycles. The largest absolute Gasteiger partial charge is 0.354 e. The van der Waals surface area contributed by atoms with Gasteiger partial charge in [0.25, 0.3) is 0 Å². The number of hydrogen-bond donors (Lipinski definition) is 3. The highest BCUT2D eigenvalue weighted by atomic mass is 32.1. The Bertz CT molecular complexity index is 875. The molecular weight excluding hydrogens is 348 g/mol. The summed E-state index contributed by atoms with van der Waals surface area (Å²) >= 11 is 1.56. The smallest absolute Gasteiger partial charge is 0.230 e. The molecule has 2 heterocycles. The van der Waals surface area contributed by atoms with Crippen LogP contribution in [0.2, 0.25) is 0 Å². The average Bonchev–Trinajstić information content (AvgIpc) is 3.11. The first-order valence-electron chi connectivity index (χ1n) is 8.01. The summed E-state index contributed by atoms with van der Waals surface area (Å²) in [6.07, 6.45) is 2.00. The van der Waals surface area contributed by atoms with Crippen LogP contribution in [0.3, 0.4) is 0 Å². The van der Waals surface area contributed by atoms with Gasteiger partial charge in [-0.15, -0.1) is 11.3 Å². The number of hydrogen-bond acceptors (Lipinski definition) is 5. The molecule has 1 aromatic carbocycles. The minimum Gasteiger partial charge on any atom is -0.354 e. The minimum atomic E-state index is -0.105. The molecule has 132 valence electrons. The van der Waals surface area contributed by atoms with Crippen LogP contribution in [-0.4, -0.2) is 16.8 Å². The molecule has 0 radical (unpaired) electrons. The van der Waals surface area contributed by atoms with Gasteiger partial charge in [-0.2, -0.15) is 0 Å². The van der Waals surface area contributed by atoms with Crippen molar-refractivity contribution in [2.24, 2.45) is 0 Å². The van der Waals surface area contributed by atoms with Crippen molar-refractivity contribution in [3.8, 4) is 0 Å². The van der Waals surface area contributed by atoms with E-state index in [1.807, 2.05) is 47.8 Å². The molecule has 3 rings (SSSR count). The number of carbonyl (C=O) groups is 2. The van der Waals surface area contributed by atoms with Crippen molar-refractivity contribution in [1.29, 1.82) is 0 Å². The van der Waals surface area contributed by atoms with Gasteiger partial charge in [-0.1, -0.05) is 6.07 Å². The second-order valence-electron chi connectivity index (χ2n) is 5.62. The molecule has 0 unspecified atom stereocenters. The number of nitrogens with zero attached hydrogens (tertiary/aromatic N) is 1. The van der Waals surface area contributed by atoms with Crippen molar-refractivity contribution in [2.45, 2.75) is 13.3 Å². The molecule has 0 aliphatic carbocycles. The van der Waals surface area contributed by atoms with Crippen LogP contribution in [0.5, 0.6) is 0 Å². The highest BCUT2D eigenvalue weighted by Crippen LogP contribution is 2.19. The zero-order chi connectivity index (χ0) is 18.4. The molecule has 2 amide bonds. The Morgan fingerprint density at radius 1 is 0.962 bits per heavy atom. The zero-order valence-corrected chi connectivity index (χ0v) is 15.0. The highest BCUT2D eigenvalue weighted by molar-refractivity contribution is 7.10. The number of aromatic nitrogens is 1. The Morgan fingerprint density at radius 3 is 2.31 bits per heavy atom. The van der Waals surface area contributed by atoms with E-state index in [1.54, 1.807) is 23.6 Å². The van der Waals surface area contributed by atoms with E-state index < -0.39 is 0 Å². The fraction of sp³-hybridized carbons (Fsp3) is 0.105. The molecule has 0 saturated heterocycles. The molecular formula is C19H18N4O2S. The molecule has 0 aliphatic rings. The molecule has 0 fully saturated rings. The quantitative estimate of drug-likeness (QED) is 0.615. The number of anilines is 4. The SMILES string of the molecule is CC(=O)Nc1ccc(Nc2ccc(NC(=O)Cc3cccs3)nc2)cc1. The topological polar surface area (TPSA) is 83.1 Å². The third-order valence-electron chi connectivity index (χ3n) is 3.44. The maximum Gasteiger partial charge on any atom is 0.230 e. The van der Waals surface area contributed by atoms with Gasteiger partial charge in [0, 0.05) is 23.2 Å². The fourth-order valence-electron chi connectivity index (χ4n) is 2.31. The van der Waals surface area contributed by atoms with E-state index in [9.17, 15) is 9.59 Å². The van der Waals surface area contributed by atoms with Crippen LogP contribution in [0.4, 0.5) is 22.9 Å².